The van der Waals surface area contributed by atoms with E-state index in [4.69, 9.17) is 9.97 Å². The Bertz CT molecular complexity index is 939. The Balaban J connectivity index is 0.00000182. The second kappa shape index (κ2) is 7.98. The third-order valence-corrected chi connectivity index (χ3v) is 3.94. The first-order valence-corrected chi connectivity index (χ1v) is 7.95. The van der Waals surface area contributed by atoms with E-state index in [9.17, 15) is 0 Å². The minimum Gasteiger partial charge on any atom is -0.252 e. The second-order valence-electron chi connectivity index (χ2n) is 5.55. The second-order valence-corrected chi connectivity index (χ2v) is 5.55. The Morgan fingerprint density at radius 3 is 1.44 bits per heavy atom. The Labute approximate surface area is 161 Å². The van der Waals surface area contributed by atoms with Gasteiger partial charge in [-0.05, 0) is 0 Å². The quantitative estimate of drug-likeness (QED) is 0.373. The van der Waals surface area contributed by atoms with Crippen LogP contribution >= 0.6 is 0 Å². The molecule has 0 aliphatic carbocycles. The van der Waals surface area contributed by atoms with Gasteiger partial charge in [-0.1, -0.05) is 91.0 Å². The van der Waals surface area contributed by atoms with Gasteiger partial charge in [-0.3, -0.25) is 4.98 Å². The van der Waals surface area contributed by atoms with Gasteiger partial charge in [0, 0.05) is 16.7 Å². The predicted octanol–water partition coefficient (Wildman–Crippen LogP) is 5.48. The Morgan fingerprint density at radius 2 is 0.920 bits per heavy atom. The van der Waals surface area contributed by atoms with Crippen LogP contribution in [0.5, 0.6) is 0 Å². The maximum absolute atomic E-state index is 4.93. The van der Waals surface area contributed by atoms with Crippen molar-refractivity contribution in [3.63, 3.8) is 0 Å². The van der Waals surface area contributed by atoms with Crippen molar-refractivity contribution in [1.29, 1.82) is 0 Å². The molecule has 0 N–H and O–H groups in total. The fraction of sp³-hybridized carbons (Fsp3) is 0. The summed E-state index contributed by atoms with van der Waals surface area (Å²) >= 11 is 0. The molecule has 0 aliphatic heterocycles. The van der Waals surface area contributed by atoms with Crippen LogP contribution in [0.25, 0.3) is 33.8 Å². The van der Waals surface area contributed by atoms with Gasteiger partial charge in [0.15, 0.2) is 0 Å². The van der Waals surface area contributed by atoms with E-state index in [2.05, 4.69) is 36.4 Å². The van der Waals surface area contributed by atoms with E-state index in [1.807, 2.05) is 60.8 Å². The van der Waals surface area contributed by atoms with Gasteiger partial charge >= 0.3 is 20.1 Å². The molecule has 0 amide bonds. The fourth-order valence-corrected chi connectivity index (χ4v) is 2.74. The molecule has 4 rings (SSSR count). The molecule has 3 aromatic carbocycles. The van der Waals surface area contributed by atoms with Gasteiger partial charge in [-0.2, -0.15) is 0 Å². The zero-order chi connectivity index (χ0) is 16.2. The summed E-state index contributed by atoms with van der Waals surface area (Å²) in [6, 6.07) is 30.6. The van der Waals surface area contributed by atoms with Crippen molar-refractivity contribution in [2.24, 2.45) is 0 Å². The summed E-state index contributed by atoms with van der Waals surface area (Å²) in [5.41, 5.74) is 5.91. The number of hydrogen-bond donors (Lipinski definition) is 0. The molecule has 3 heteroatoms. The fourth-order valence-electron chi connectivity index (χ4n) is 2.74. The minimum atomic E-state index is 0. The van der Waals surface area contributed by atoms with Crippen molar-refractivity contribution in [1.82, 2.24) is 9.97 Å². The predicted molar refractivity (Wildman–Crippen MR) is 98.3 cm³/mol. The van der Waals surface area contributed by atoms with Crippen LogP contribution in [-0.4, -0.2) is 9.97 Å². The first-order chi connectivity index (χ1) is 11.9. The SMILES string of the molecule is [Ir+3].c1ccc(-c2cnc(-c3ccccc3)c(-c3ccccc3)n2)cc1. The molecule has 0 atom stereocenters. The topological polar surface area (TPSA) is 25.8 Å². The molecule has 1 heterocycles. The van der Waals surface area contributed by atoms with Crippen molar-refractivity contribution in [3.8, 4) is 33.8 Å². The molecule has 0 aliphatic rings. The summed E-state index contributed by atoms with van der Waals surface area (Å²) in [6.45, 7) is 0. The normalized spacial score (nSPS) is 10.1. The molecule has 25 heavy (non-hydrogen) atoms. The molecule has 0 saturated carbocycles. The van der Waals surface area contributed by atoms with Crippen LogP contribution < -0.4 is 0 Å². The van der Waals surface area contributed by atoms with E-state index in [0.717, 1.165) is 33.8 Å². The summed E-state index contributed by atoms with van der Waals surface area (Å²) in [5.74, 6) is 0. The zero-order valence-corrected chi connectivity index (χ0v) is 15.9. The van der Waals surface area contributed by atoms with Crippen LogP contribution in [0, 0.1) is 0 Å². The first kappa shape index (κ1) is 17.2. The van der Waals surface area contributed by atoms with E-state index >= 15 is 0 Å². The number of hydrogen-bond acceptors (Lipinski definition) is 2. The minimum absolute atomic E-state index is 0. The maximum atomic E-state index is 4.93. The number of nitrogens with zero attached hydrogens (tertiary/aromatic N) is 2. The molecule has 0 unspecified atom stereocenters. The van der Waals surface area contributed by atoms with Crippen molar-refractivity contribution < 1.29 is 20.1 Å². The summed E-state index contributed by atoms with van der Waals surface area (Å²) in [4.78, 5) is 9.67. The monoisotopic (exact) mass is 501 g/mol. The van der Waals surface area contributed by atoms with Gasteiger partial charge in [-0.15, -0.1) is 0 Å². The van der Waals surface area contributed by atoms with Gasteiger partial charge in [0.25, 0.3) is 0 Å². The summed E-state index contributed by atoms with van der Waals surface area (Å²) in [5, 5.41) is 0. The molecule has 0 spiro atoms. The molecule has 120 valence electrons. The molecular formula is C22H16IrN2+3. The molecule has 0 bridgehead atoms. The first-order valence-electron chi connectivity index (χ1n) is 7.95. The summed E-state index contributed by atoms with van der Waals surface area (Å²) < 4.78 is 0. The molecule has 0 radical (unpaired) electrons. The third kappa shape index (κ3) is 3.74. The van der Waals surface area contributed by atoms with Crippen LogP contribution in [0.3, 0.4) is 0 Å². The Kier molecular flexibility index (Phi) is 5.49. The smallest absolute Gasteiger partial charge is 0.252 e. The Morgan fingerprint density at radius 1 is 0.480 bits per heavy atom. The number of aromatic nitrogens is 2. The van der Waals surface area contributed by atoms with E-state index < -0.39 is 0 Å². The molecule has 1 aromatic heterocycles. The van der Waals surface area contributed by atoms with E-state index in [-0.39, 0.29) is 20.1 Å². The van der Waals surface area contributed by atoms with Crippen molar-refractivity contribution >= 4 is 0 Å². The van der Waals surface area contributed by atoms with Crippen molar-refractivity contribution in [2.75, 3.05) is 0 Å². The molecule has 4 aromatic rings. The van der Waals surface area contributed by atoms with E-state index in [1.165, 1.54) is 0 Å². The number of rotatable bonds is 3. The molecule has 0 saturated heterocycles. The molecular weight excluding hydrogens is 484 g/mol. The summed E-state index contributed by atoms with van der Waals surface area (Å²) in [7, 11) is 0. The van der Waals surface area contributed by atoms with Crippen LogP contribution in [0.1, 0.15) is 0 Å². The van der Waals surface area contributed by atoms with Crippen LogP contribution in [0.15, 0.2) is 97.2 Å². The average molecular weight is 501 g/mol. The largest absolute Gasteiger partial charge is 3.00 e. The van der Waals surface area contributed by atoms with Gasteiger partial charge in [0.05, 0.1) is 23.3 Å². The zero-order valence-electron chi connectivity index (χ0n) is 13.5. The molecule has 0 fully saturated rings. The van der Waals surface area contributed by atoms with Gasteiger partial charge < -0.3 is 0 Å². The maximum Gasteiger partial charge on any atom is 3.00 e. The van der Waals surface area contributed by atoms with Crippen molar-refractivity contribution in [3.05, 3.63) is 97.2 Å². The van der Waals surface area contributed by atoms with E-state index in [0.29, 0.717) is 0 Å². The Hall–Kier alpha value is -2.61. The van der Waals surface area contributed by atoms with Gasteiger partial charge in [0.2, 0.25) is 0 Å². The molecule has 2 nitrogen and oxygen atoms in total. The number of benzene rings is 3. The van der Waals surface area contributed by atoms with Crippen LogP contribution in [-0.2, 0) is 20.1 Å². The third-order valence-electron chi connectivity index (χ3n) is 3.94. The van der Waals surface area contributed by atoms with Crippen LogP contribution in [0.4, 0.5) is 0 Å². The van der Waals surface area contributed by atoms with Gasteiger partial charge in [0.1, 0.15) is 0 Å². The van der Waals surface area contributed by atoms with Crippen LogP contribution in [0.2, 0.25) is 0 Å². The van der Waals surface area contributed by atoms with Gasteiger partial charge in [-0.25, -0.2) is 4.98 Å². The van der Waals surface area contributed by atoms with E-state index in [1.54, 1.807) is 0 Å². The standard InChI is InChI=1S/C22H16N2.Ir/c1-4-10-17(11-5-1)20-16-23-21(18-12-6-2-7-13-18)22(24-20)19-14-8-3-9-15-19;/h1-16H;/q;+3. The summed E-state index contributed by atoms with van der Waals surface area (Å²) in [6.07, 6.45) is 1.85. The van der Waals surface area contributed by atoms with Crippen molar-refractivity contribution in [2.45, 2.75) is 0 Å². The average Bonchev–Trinajstić information content (AvgIpc) is 2.69.